The Kier molecular flexibility index (Phi) is 6.76. The van der Waals surface area contributed by atoms with E-state index in [1.54, 1.807) is 13.4 Å². The first-order valence-electron chi connectivity index (χ1n) is 7.84. The molecule has 1 atom stereocenters. The van der Waals surface area contributed by atoms with E-state index in [0.29, 0.717) is 19.7 Å². The predicted octanol–water partition coefficient (Wildman–Crippen LogP) is 2.35. The molecule has 21 heavy (non-hydrogen) atoms. The summed E-state index contributed by atoms with van der Waals surface area (Å²) in [4.78, 5) is 14.3. The van der Waals surface area contributed by atoms with E-state index < -0.39 is 0 Å². The Labute approximate surface area is 126 Å². The number of carbonyl (C=O) groups is 1. The summed E-state index contributed by atoms with van der Waals surface area (Å²) in [6.45, 7) is 2.75. The van der Waals surface area contributed by atoms with Gasteiger partial charge in [0, 0.05) is 20.3 Å². The molecule has 1 aromatic heterocycles. The maximum atomic E-state index is 12.1. The summed E-state index contributed by atoms with van der Waals surface area (Å²) < 4.78 is 10.5. The van der Waals surface area contributed by atoms with Gasteiger partial charge in [-0.15, -0.1) is 0 Å². The van der Waals surface area contributed by atoms with E-state index in [9.17, 15) is 4.79 Å². The van der Waals surface area contributed by atoms with E-state index in [1.165, 1.54) is 12.8 Å². The molecule has 1 N–H and O–H groups in total. The first kappa shape index (κ1) is 16.0. The fourth-order valence-electron chi connectivity index (χ4n) is 2.84. The number of ether oxygens (including phenoxy) is 1. The summed E-state index contributed by atoms with van der Waals surface area (Å²) in [5, 5.41) is 2.96. The van der Waals surface area contributed by atoms with Crippen LogP contribution in [0.25, 0.3) is 0 Å². The number of furan rings is 1. The van der Waals surface area contributed by atoms with Crippen molar-refractivity contribution in [2.45, 2.75) is 38.1 Å². The van der Waals surface area contributed by atoms with Crippen LogP contribution in [0.15, 0.2) is 22.8 Å². The molecule has 1 aliphatic rings. The molecule has 0 spiro atoms. The SMILES string of the molecule is COCCCNC(=O)CN1CCCCCC1c1ccco1. The number of nitrogens with zero attached hydrogens (tertiary/aromatic N) is 1. The number of nitrogens with one attached hydrogen (secondary N) is 1. The molecule has 0 aromatic carbocycles. The van der Waals surface area contributed by atoms with Crippen molar-refractivity contribution in [1.29, 1.82) is 0 Å². The molecule has 0 aliphatic carbocycles. The third-order valence-electron chi connectivity index (χ3n) is 3.93. The fourth-order valence-corrected chi connectivity index (χ4v) is 2.84. The second kappa shape index (κ2) is 8.85. The Balaban J connectivity index is 1.87. The van der Waals surface area contributed by atoms with Gasteiger partial charge in [0.25, 0.3) is 0 Å². The van der Waals surface area contributed by atoms with Crippen LogP contribution < -0.4 is 5.32 Å². The fraction of sp³-hybridized carbons (Fsp3) is 0.688. The van der Waals surface area contributed by atoms with Crippen LogP contribution in [0.3, 0.4) is 0 Å². The Morgan fingerprint density at radius 3 is 3.14 bits per heavy atom. The molecule has 1 saturated heterocycles. The zero-order valence-corrected chi connectivity index (χ0v) is 12.8. The van der Waals surface area contributed by atoms with Crippen molar-refractivity contribution < 1.29 is 13.9 Å². The van der Waals surface area contributed by atoms with Gasteiger partial charge in [-0.05, 0) is 37.9 Å². The van der Waals surface area contributed by atoms with Gasteiger partial charge < -0.3 is 14.5 Å². The highest BCUT2D eigenvalue weighted by Gasteiger charge is 2.26. The van der Waals surface area contributed by atoms with Crippen LogP contribution in [0.1, 0.15) is 43.9 Å². The maximum absolute atomic E-state index is 12.1. The molecule has 1 aliphatic heterocycles. The third kappa shape index (κ3) is 5.17. The minimum atomic E-state index is 0.0876. The lowest BCUT2D eigenvalue weighted by Crippen LogP contribution is -2.39. The lowest BCUT2D eigenvalue weighted by atomic mass is 10.1. The highest BCUT2D eigenvalue weighted by molar-refractivity contribution is 5.78. The minimum Gasteiger partial charge on any atom is -0.468 e. The number of hydrogen-bond donors (Lipinski definition) is 1. The van der Waals surface area contributed by atoms with E-state index >= 15 is 0 Å². The van der Waals surface area contributed by atoms with E-state index in [1.807, 2.05) is 12.1 Å². The van der Waals surface area contributed by atoms with Crippen molar-refractivity contribution in [3.63, 3.8) is 0 Å². The lowest BCUT2D eigenvalue weighted by molar-refractivity contribution is -0.122. The quantitative estimate of drug-likeness (QED) is 0.784. The van der Waals surface area contributed by atoms with Crippen molar-refractivity contribution in [3.8, 4) is 0 Å². The molecule has 2 heterocycles. The zero-order chi connectivity index (χ0) is 14.9. The van der Waals surface area contributed by atoms with Gasteiger partial charge in [-0.1, -0.05) is 12.8 Å². The summed E-state index contributed by atoms with van der Waals surface area (Å²) in [5.74, 6) is 1.06. The van der Waals surface area contributed by atoms with E-state index in [0.717, 1.165) is 31.6 Å². The average molecular weight is 294 g/mol. The standard InChI is InChI=1S/C16H26N2O3/c1-20-11-6-9-17-16(19)13-18-10-4-2-3-7-14(18)15-8-5-12-21-15/h5,8,12,14H,2-4,6-7,9-11,13H2,1H3,(H,17,19). The molecule has 0 bridgehead atoms. The van der Waals surface area contributed by atoms with Crippen LogP contribution in [0.5, 0.6) is 0 Å². The average Bonchev–Trinajstić information content (AvgIpc) is 2.91. The van der Waals surface area contributed by atoms with Crippen molar-refractivity contribution >= 4 is 5.91 Å². The lowest BCUT2D eigenvalue weighted by Gasteiger charge is -2.27. The number of likely N-dealkylation sites (tertiary alicyclic amines) is 1. The summed E-state index contributed by atoms with van der Waals surface area (Å²) in [7, 11) is 1.67. The van der Waals surface area contributed by atoms with Crippen molar-refractivity contribution in [2.24, 2.45) is 0 Å². The smallest absolute Gasteiger partial charge is 0.234 e. The molecule has 5 nitrogen and oxygen atoms in total. The molecule has 0 radical (unpaired) electrons. The van der Waals surface area contributed by atoms with Gasteiger partial charge in [0.15, 0.2) is 0 Å². The van der Waals surface area contributed by atoms with Crippen molar-refractivity contribution in [2.75, 3.05) is 33.4 Å². The van der Waals surface area contributed by atoms with Gasteiger partial charge in [-0.3, -0.25) is 9.69 Å². The second-order valence-electron chi connectivity index (χ2n) is 5.55. The zero-order valence-electron chi connectivity index (χ0n) is 12.8. The van der Waals surface area contributed by atoms with Gasteiger partial charge in [-0.25, -0.2) is 0 Å². The first-order valence-corrected chi connectivity index (χ1v) is 7.84. The summed E-state index contributed by atoms with van der Waals surface area (Å²) in [5.41, 5.74) is 0. The van der Waals surface area contributed by atoms with Gasteiger partial charge in [0.1, 0.15) is 5.76 Å². The summed E-state index contributed by atoms with van der Waals surface area (Å²) in [6, 6.07) is 4.16. The number of carbonyl (C=O) groups excluding carboxylic acids is 1. The number of methoxy groups -OCH3 is 1. The molecule has 2 rings (SSSR count). The molecular formula is C16H26N2O3. The topological polar surface area (TPSA) is 54.7 Å². The van der Waals surface area contributed by atoms with E-state index in [2.05, 4.69) is 10.2 Å². The van der Waals surface area contributed by atoms with Gasteiger partial charge in [0.05, 0.1) is 18.8 Å². The van der Waals surface area contributed by atoms with Crippen LogP contribution in [0.4, 0.5) is 0 Å². The largest absolute Gasteiger partial charge is 0.468 e. The Morgan fingerprint density at radius 2 is 2.38 bits per heavy atom. The molecule has 1 amide bonds. The molecule has 118 valence electrons. The number of rotatable bonds is 7. The van der Waals surface area contributed by atoms with Crippen LogP contribution in [0.2, 0.25) is 0 Å². The summed E-state index contributed by atoms with van der Waals surface area (Å²) >= 11 is 0. The van der Waals surface area contributed by atoms with Crippen LogP contribution in [0, 0.1) is 0 Å². The molecular weight excluding hydrogens is 268 g/mol. The molecule has 1 fully saturated rings. The first-order chi connectivity index (χ1) is 10.3. The Hall–Kier alpha value is -1.33. The van der Waals surface area contributed by atoms with Gasteiger partial charge in [-0.2, -0.15) is 0 Å². The third-order valence-corrected chi connectivity index (χ3v) is 3.93. The van der Waals surface area contributed by atoms with E-state index in [4.69, 9.17) is 9.15 Å². The minimum absolute atomic E-state index is 0.0876. The second-order valence-corrected chi connectivity index (χ2v) is 5.55. The maximum Gasteiger partial charge on any atom is 0.234 e. The number of amides is 1. The van der Waals surface area contributed by atoms with Gasteiger partial charge in [0.2, 0.25) is 5.91 Å². The predicted molar refractivity (Wildman–Crippen MR) is 81.0 cm³/mol. The van der Waals surface area contributed by atoms with Crippen LogP contribution in [-0.4, -0.2) is 44.2 Å². The van der Waals surface area contributed by atoms with Crippen LogP contribution >= 0.6 is 0 Å². The molecule has 1 unspecified atom stereocenters. The Morgan fingerprint density at radius 1 is 1.48 bits per heavy atom. The molecule has 0 saturated carbocycles. The molecule has 5 heteroatoms. The normalized spacial score (nSPS) is 20.1. The Bertz CT molecular complexity index is 406. The summed E-state index contributed by atoms with van der Waals surface area (Å²) in [6.07, 6.45) is 7.19. The number of hydrogen-bond acceptors (Lipinski definition) is 4. The van der Waals surface area contributed by atoms with Gasteiger partial charge >= 0.3 is 0 Å². The molecule has 1 aromatic rings. The highest BCUT2D eigenvalue weighted by Crippen LogP contribution is 2.29. The van der Waals surface area contributed by atoms with Crippen molar-refractivity contribution in [3.05, 3.63) is 24.2 Å². The monoisotopic (exact) mass is 294 g/mol. The van der Waals surface area contributed by atoms with Crippen LogP contribution in [-0.2, 0) is 9.53 Å². The highest BCUT2D eigenvalue weighted by atomic mass is 16.5. The van der Waals surface area contributed by atoms with E-state index in [-0.39, 0.29) is 11.9 Å². The van der Waals surface area contributed by atoms with Crippen molar-refractivity contribution in [1.82, 2.24) is 10.2 Å².